The van der Waals surface area contributed by atoms with Crippen molar-refractivity contribution in [1.29, 1.82) is 5.26 Å². The topological polar surface area (TPSA) is 87.4 Å². The van der Waals surface area contributed by atoms with Crippen LogP contribution < -0.4 is 0 Å². The van der Waals surface area contributed by atoms with Crippen molar-refractivity contribution in [2.24, 2.45) is 0 Å². The Kier molecular flexibility index (Phi) is 3.43. The first-order valence-electron chi connectivity index (χ1n) is 6.77. The maximum absolute atomic E-state index is 12.5. The molecule has 0 aromatic heterocycles. The minimum atomic E-state index is -0.483. The number of carbonyl (C=O) groups excluding carboxylic acids is 2. The molecule has 0 heterocycles. The fraction of sp³-hybridized carbons (Fsp3) is 0.0556. The number of phenols is 1. The van der Waals surface area contributed by atoms with Crippen LogP contribution >= 0.6 is 0 Å². The number of hydrogen-bond donors (Lipinski definition) is 1. The van der Waals surface area contributed by atoms with Crippen LogP contribution in [-0.2, 0) is 9.53 Å². The van der Waals surface area contributed by atoms with E-state index in [1.165, 1.54) is 31.4 Å². The molecule has 1 aliphatic rings. The Balaban J connectivity index is 1.95. The lowest BCUT2D eigenvalue weighted by Crippen LogP contribution is -2.12. The van der Waals surface area contributed by atoms with E-state index in [4.69, 9.17) is 5.26 Å². The molecule has 112 valence electrons. The van der Waals surface area contributed by atoms with Gasteiger partial charge in [0, 0.05) is 5.56 Å². The monoisotopic (exact) mass is 305 g/mol. The summed E-state index contributed by atoms with van der Waals surface area (Å²) in [6, 6.07) is 11.1. The number of hydrogen-bond acceptors (Lipinski definition) is 5. The number of fused-ring (bicyclic) bond motifs is 1. The van der Waals surface area contributed by atoms with Crippen molar-refractivity contribution in [1.82, 2.24) is 0 Å². The van der Waals surface area contributed by atoms with Gasteiger partial charge in [-0.3, -0.25) is 4.79 Å². The van der Waals surface area contributed by atoms with E-state index in [1.54, 1.807) is 18.2 Å². The van der Waals surface area contributed by atoms with Crippen LogP contribution in [0.4, 0.5) is 0 Å². The zero-order valence-corrected chi connectivity index (χ0v) is 12.2. The Hall–Kier alpha value is -3.39. The normalized spacial score (nSPS) is 11.6. The van der Waals surface area contributed by atoms with Crippen molar-refractivity contribution in [3.8, 4) is 11.8 Å². The second-order valence-electron chi connectivity index (χ2n) is 5.02. The first kappa shape index (κ1) is 14.5. The van der Waals surface area contributed by atoms with E-state index in [0.717, 1.165) is 0 Å². The Morgan fingerprint density at radius 2 is 1.87 bits per heavy atom. The fourth-order valence-corrected chi connectivity index (χ4v) is 2.43. The third kappa shape index (κ3) is 2.36. The van der Waals surface area contributed by atoms with E-state index in [9.17, 15) is 14.7 Å². The van der Waals surface area contributed by atoms with Gasteiger partial charge in [0.2, 0.25) is 0 Å². The number of benzene rings is 2. The quantitative estimate of drug-likeness (QED) is 0.695. The van der Waals surface area contributed by atoms with Gasteiger partial charge in [-0.15, -0.1) is 0 Å². The van der Waals surface area contributed by atoms with Crippen molar-refractivity contribution in [3.63, 3.8) is 0 Å². The van der Waals surface area contributed by atoms with Gasteiger partial charge in [-0.05, 0) is 53.6 Å². The molecule has 1 aliphatic carbocycles. The smallest absolute Gasteiger partial charge is 0.338 e. The van der Waals surface area contributed by atoms with Gasteiger partial charge in [-0.1, -0.05) is 0 Å². The van der Waals surface area contributed by atoms with Gasteiger partial charge in [0.15, 0.2) is 5.78 Å². The molecule has 1 N–H and O–H groups in total. The number of ketones is 1. The molecule has 0 unspecified atom stereocenters. The number of ether oxygens (including phenoxy) is 1. The number of esters is 1. The minimum Gasteiger partial charge on any atom is -0.507 e. The van der Waals surface area contributed by atoms with Gasteiger partial charge in [0.05, 0.1) is 29.9 Å². The molecule has 3 rings (SSSR count). The van der Waals surface area contributed by atoms with Crippen LogP contribution in [0.5, 0.6) is 5.75 Å². The standard InChI is InChI=1S/C18H11NO4/c1-23-18(22)14-6-12-7-15(16(20)8-13(12)14)17(21)11-4-2-10(9-19)3-5-11/h2-8,20H,1H3. The molecule has 0 atom stereocenters. The molecule has 23 heavy (non-hydrogen) atoms. The molecular formula is C18H11NO4. The summed E-state index contributed by atoms with van der Waals surface area (Å²) in [5.41, 5.74) is 2.60. The summed E-state index contributed by atoms with van der Waals surface area (Å²) in [5, 5.41) is 18.9. The molecule has 0 bridgehead atoms. The maximum Gasteiger partial charge on any atom is 0.338 e. The number of aromatic hydroxyl groups is 1. The van der Waals surface area contributed by atoms with Crippen molar-refractivity contribution in [2.45, 2.75) is 0 Å². The molecule has 0 saturated heterocycles. The van der Waals surface area contributed by atoms with Gasteiger partial charge in [-0.2, -0.15) is 5.26 Å². The van der Waals surface area contributed by atoms with E-state index >= 15 is 0 Å². The van der Waals surface area contributed by atoms with E-state index in [1.807, 2.05) is 6.07 Å². The largest absolute Gasteiger partial charge is 0.507 e. The molecule has 0 saturated carbocycles. The Morgan fingerprint density at radius 3 is 2.48 bits per heavy atom. The second-order valence-corrected chi connectivity index (χ2v) is 5.02. The zero-order valence-electron chi connectivity index (χ0n) is 12.2. The van der Waals surface area contributed by atoms with Crippen molar-refractivity contribution in [2.75, 3.05) is 7.11 Å². The Morgan fingerprint density at radius 1 is 1.17 bits per heavy atom. The average Bonchev–Trinajstić information content (AvgIpc) is 2.57. The van der Waals surface area contributed by atoms with Crippen LogP contribution in [0.1, 0.15) is 32.6 Å². The van der Waals surface area contributed by atoms with Gasteiger partial charge in [-0.25, -0.2) is 4.79 Å². The van der Waals surface area contributed by atoms with Crippen molar-refractivity contribution in [3.05, 3.63) is 64.2 Å². The van der Waals surface area contributed by atoms with Crippen molar-refractivity contribution < 1.29 is 19.4 Å². The van der Waals surface area contributed by atoms with E-state index in [2.05, 4.69) is 4.74 Å². The number of nitriles is 1. The van der Waals surface area contributed by atoms with Gasteiger partial charge in [0.25, 0.3) is 0 Å². The molecule has 0 fully saturated rings. The lowest BCUT2D eigenvalue weighted by atomic mass is 9.85. The average molecular weight is 305 g/mol. The summed E-state index contributed by atoms with van der Waals surface area (Å²) in [4.78, 5) is 24.0. The molecule has 2 aromatic rings. The lowest BCUT2D eigenvalue weighted by Gasteiger charge is -2.19. The second kappa shape index (κ2) is 5.43. The number of methoxy groups -OCH3 is 1. The molecule has 0 amide bonds. The number of phenolic OH excluding ortho intramolecular Hbond substituents is 1. The highest BCUT2D eigenvalue weighted by atomic mass is 16.5. The summed E-state index contributed by atoms with van der Waals surface area (Å²) in [6.45, 7) is 0. The number of carbonyl (C=O) groups is 2. The summed E-state index contributed by atoms with van der Waals surface area (Å²) in [7, 11) is 1.28. The molecule has 0 spiro atoms. The Bertz CT molecular complexity index is 902. The first-order chi connectivity index (χ1) is 11.0. The summed E-state index contributed by atoms with van der Waals surface area (Å²) in [6.07, 6.45) is 1.61. The van der Waals surface area contributed by atoms with Gasteiger partial charge >= 0.3 is 5.97 Å². The first-order valence-corrected chi connectivity index (χ1v) is 6.77. The van der Waals surface area contributed by atoms with E-state index in [0.29, 0.717) is 27.8 Å². The van der Waals surface area contributed by atoms with Gasteiger partial charge in [0.1, 0.15) is 5.75 Å². The molecule has 5 heteroatoms. The third-order valence-corrected chi connectivity index (χ3v) is 3.68. The molecular weight excluding hydrogens is 294 g/mol. The lowest BCUT2D eigenvalue weighted by molar-refractivity contribution is -0.133. The SMILES string of the molecule is COC(=O)C1=Cc2cc(C(=O)c3ccc(C#N)cc3)c(O)cc21. The molecule has 0 aliphatic heterocycles. The highest BCUT2D eigenvalue weighted by Gasteiger charge is 2.26. The fourth-order valence-electron chi connectivity index (χ4n) is 2.43. The molecule has 2 aromatic carbocycles. The number of nitrogens with zero attached hydrogens (tertiary/aromatic N) is 1. The van der Waals surface area contributed by atoms with Crippen LogP contribution in [0.15, 0.2) is 36.4 Å². The van der Waals surface area contributed by atoms with E-state index in [-0.39, 0.29) is 17.1 Å². The Labute approximate surface area is 132 Å². The predicted octanol–water partition coefficient (Wildman–Crippen LogP) is 2.52. The predicted molar refractivity (Wildman–Crippen MR) is 82.6 cm³/mol. The molecule has 5 nitrogen and oxygen atoms in total. The van der Waals surface area contributed by atoms with Crippen molar-refractivity contribution >= 4 is 23.4 Å². The van der Waals surface area contributed by atoms with Crippen LogP contribution in [0.3, 0.4) is 0 Å². The van der Waals surface area contributed by atoms with Crippen LogP contribution in [0, 0.1) is 11.3 Å². The highest BCUT2D eigenvalue weighted by Crippen LogP contribution is 2.38. The maximum atomic E-state index is 12.5. The summed E-state index contributed by atoms with van der Waals surface area (Å²) < 4.78 is 4.64. The zero-order chi connectivity index (χ0) is 16.6. The summed E-state index contributed by atoms with van der Waals surface area (Å²) >= 11 is 0. The number of rotatable bonds is 3. The minimum absolute atomic E-state index is 0.147. The van der Waals surface area contributed by atoms with Crippen LogP contribution in [-0.4, -0.2) is 24.0 Å². The summed E-state index contributed by atoms with van der Waals surface area (Å²) in [5.74, 6) is -1.04. The third-order valence-electron chi connectivity index (χ3n) is 3.68. The van der Waals surface area contributed by atoms with Crippen LogP contribution in [0.25, 0.3) is 11.6 Å². The van der Waals surface area contributed by atoms with Crippen LogP contribution in [0.2, 0.25) is 0 Å². The molecule has 0 radical (unpaired) electrons. The highest BCUT2D eigenvalue weighted by molar-refractivity contribution is 6.28. The van der Waals surface area contributed by atoms with Gasteiger partial charge < -0.3 is 9.84 Å². The van der Waals surface area contributed by atoms with E-state index < -0.39 is 5.97 Å².